The number of hydrogen-bond donors (Lipinski definition) is 0. The summed E-state index contributed by atoms with van der Waals surface area (Å²) in [5, 5.41) is 0. The first-order chi connectivity index (χ1) is 11.7. The zero-order chi connectivity index (χ0) is 16.9. The minimum atomic E-state index is 0.595. The lowest BCUT2D eigenvalue weighted by molar-refractivity contribution is 0.244. The van der Waals surface area contributed by atoms with Gasteiger partial charge in [-0.1, -0.05) is 37.3 Å². The molecule has 0 bridgehead atoms. The highest BCUT2D eigenvalue weighted by Gasteiger charge is 2.19. The number of methoxy groups -OCH3 is 2. The van der Waals surface area contributed by atoms with Crippen LogP contribution in [0.3, 0.4) is 0 Å². The summed E-state index contributed by atoms with van der Waals surface area (Å²) in [6, 6.07) is 15.1. The molecule has 0 N–H and O–H groups in total. The van der Waals surface area contributed by atoms with Crippen molar-refractivity contribution < 1.29 is 9.47 Å². The van der Waals surface area contributed by atoms with Crippen LogP contribution in [-0.2, 0) is 13.0 Å². The van der Waals surface area contributed by atoms with E-state index in [1.54, 1.807) is 14.2 Å². The van der Waals surface area contributed by atoms with Crippen molar-refractivity contribution in [1.29, 1.82) is 0 Å². The Morgan fingerprint density at radius 1 is 1.00 bits per heavy atom. The van der Waals surface area contributed by atoms with E-state index < -0.39 is 0 Å². The monoisotopic (exact) mass is 325 g/mol. The quantitative estimate of drug-likeness (QED) is 0.792. The fourth-order valence-electron chi connectivity index (χ4n) is 3.46. The van der Waals surface area contributed by atoms with E-state index in [9.17, 15) is 0 Å². The zero-order valence-corrected chi connectivity index (χ0v) is 14.9. The Labute approximate surface area is 145 Å². The van der Waals surface area contributed by atoms with Gasteiger partial charge in [-0.2, -0.15) is 0 Å². The van der Waals surface area contributed by atoms with Crippen molar-refractivity contribution in [2.75, 3.05) is 27.3 Å². The van der Waals surface area contributed by atoms with E-state index in [2.05, 4.69) is 54.3 Å². The maximum atomic E-state index is 5.45. The van der Waals surface area contributed by atoms with Crippen LogP contribution in [0.25, 0.3) is 0 Å². The molecule has 0 fully saturated rings. The largest absolute Gasteiger partial charge is 0.493 e. The first-order valence-corrected chi connectivity index (χ1v) is 8.72. The normalized spacial score (nSPS) is 15.6. The smallest absolute Gasteiger partial charge is 0.161 e. The summed E-state index contributed by atoms with van der Waals surface area (Å²) in [4.78, 5) is 2.55. The van der Waals surface area contributed by atoms with Crippen LogP contribution in [0.4, 0.5) is 0 Å². The maximum Gasteiger partial charge on any atom is 0.161 e. The van der Waals surface area contributed by atoms with Gasteiger partial charge in [0.1, 0.15) is 0 Å². The van der Waals surface area contributed by atoms with Crippen LogP contribution in [0.1, 0.15) is 36.0 Å². The molecule has 24 heavy (non-hydrogen) atoms. The van der Waals surface area contributed by atoms with Gasteiger partial charge < -0.3 is 9.47 Å². The van der Waals surface area contributed by atoms with Gasteiger partial charge in [0.15, 0.2) is 11.5 Å². The van der Waals surface area contributed by atoms with Crippen LogP contribution in [0, 0.1) is 0 Å². The van der Waals surface area contributed by atoms with Gasteiger partial charge in [0, 0.05) is 13.1 Å². The summed E-state index contributed by atoms with van der Waals surface area (Å²) in [5.41, 5.74) is 4.19. The molecule has 3 rings (SSSR count). The van der Waals surface area contributed by atoms with E-state index in [-0.39, 0.29) is 0 Å². The van der Waals surface area contributed by atoms with Crippen LogP contribution >= 0.6 is 0 Å². The van der Waals surface area contributed by atoms with Gasteiger partial charge >= 0.3 is 0 Å². The van der Waals surface area contributed by atoms with Gasteiger partial charge in [-0.15, -0.1) is 0 Å². The molecule has 3 nitrogen and oxygen atoms in total. The van der Waals surface area contributed by atoms with Crippen molar-refractivity contribution in [3.8, 4) is 11.5 Å². The number of rotatable bonds is 6. The van der Waals surface area contributed by atoms with E-state index >= 15 is 0 Å². The average molecular weight is 325 g/mol. The highest BCUT2D eigenvalue weighted by molar-refractivity contribution is 5.48. The summed E-state index contributed by atoms with van der Waals surface area (Å²) in [5.74, 6) is 2.26. The number of benzene rings is 2. The molecule has 2 aromatic rings. The van der Waals surface area contributed by atoms with Gasteiger partial charge in [0.25, 0.3) is 0 Å². The standard InChI is InChI=1S/C21H27NO2/c1-16(17-7-5-4-6-8-17)9-11-22-12-10-18-13-20(23-2)21(24-3)14-19(18)15-22/h4-8,13-14,16H,9-12,15H2,1-3H3. The second-order valence-corrected chi connectivity index (χ2v) is 6.60. The van der Waals surface area contributed by atoms with Crippen molar-refractivity contribution in [2.45, 2.75) is 32.2 Å². The second-order valence-electron chi connectivity index (χ2n) is 6.60. The van der Waals surface area contributed by atoms with Crippen LogP contribution < -0.4 is 9.47 Å². The molecule has 0 spiro atoms. The van der Waals surface area contributed by atoms with Crippen molar-refractivity contribution in [3.63, 3.8) is 0 Å². The average Bonchev–Trinajstić information content (AvgIpc) is 2.65. The molecule has 0 saturated carbocycles. The maximum absolute atomic E-state index is 5.45. The molecule has 0 radical (unpaired) electrons. The first kappa shape index (κ1) is 16.8. The molecule has 0 saturated heterocycles. The van der Waals surface area contributed by atoms with Gasteiger partial charge in [-0.3, -0.25) is 4.90 Å². The second kappa shape index (κ2) is 7.71. The van der Waals surface area contributed by atoms with Gasteiger partial charge in [-0.05, 0) is 54.1 Å². The molecule has 128 valence electrons. The Hall–Kier alpha value is -2.00. The predicted octanol–water partition coefficient (Wildman–Crippen LogP) is 4.26. The number of ether oxygens (including phenoxy) is 2. The molecular formula is C21H27NO2. The molecule has 1 unspecified atom stereocenters. The molecule has 1 aliphatic heterocycles. The van der Waals surface area contributed by atoms with Crippen LogP contribution in [-0.4, -0.2) is 32.2 Å². The Bertz CT molecular complexity index is 669. The van der Waals surface area contributed by atoms with Crippen molar-refractivity contribution in [1.82, 2.24) is 4.90 Å². The van der Waals surface area contributed by atoms with Crippen molar-refractivity contribution >= 4 is 0 Å². The van der Waals surface area contributed by atoms with Crippen molar-refractivity contribution in [2.24, 2.45) is 0 Å². The highest BCUT2D eigenvalue weighted by atomic mass is 16.5. The fourth-order valence-corrected chi connectivity index (χ4v) is 3.46. The predicted molar refractivity (Wildman–Crippen MR) is 98.0 cm³/mol. The van der Waals surface area contributed by atoms with Crippen LogP contribution in [0.15, 0.2) is 42.5 Å². The molecule has 0 aromatic heterocycles. The molecule has 3 heteroatoms. The summed E-state index contributed by atoms with van der Waals surface area (Å²) in [6.07, 6.45) is 2.27. The first-order valence-electron chi connectivity index (χ1n) is 8.72. The van der Waals surface area contributed by atoms with Crippen LogP contribution in [0.2, 0.25) is 0 Å². The molecule has 1 aliphatic rings. The Kier molecular flexibility index (Phi) is 5.41. The third kappa shape index (κ3) is 3.73. The molecule has 0 aliphatic carbocycles. The molecule has 1 atom stereocenters. The lowest BCUT2D eigenvalue weighted by Crippen LogP contribution is -2.32. The van der Waals surface area contributed by atoms with Gasteiger partial charge in [0.2, 0.25) is 0 Å². The lowest BCUT2D eigenvalue weighted by Gasteiger charge is -2.30. The van der Waals surface area contributed by atoms with E-state index in [0.29, 0.717) is 5.92 Å². The third-order valence-electron chi connectivity index (χ3n) is 5.04. The van der Waals surface area contributed by atoms with E-state index in [0.717, 1.165) is 37.6 Å². The number of fused-ring (bicyclic) bond motifs is 1. The zero-order valence-electron chi connectivity index (χ0n) is 14.9. The molecule has 2 aromatic carbocycles. The number of nitrogens with zero attached hydrogens (tertiary/aromatic N) is 1. The fraction of sp³-hybridized carbons (Fsp3) is 0.429. The van der Waals surface area contributed by atoms with Crippen molar-refractivity contribution in [3.05, 3.63) is 59.2 Å². The summed E-state index contributed by atoms with van der Waals surface area (Å²) >= 11 is 0. The lowest BCUT2D eigenvalue weighted by atomic mass is 9.95. The van der Waals surface area contributed by atoms with E-state index in [1.807, 2.05) is 0 Å². The van der Waals surface area contributed by atoms with Crippen LogP contribution in [0.5, 0.6) is 11.5 Å². The third-order valence-corrected chi connectivity index (χ3v) is 5.04. The highest BCUT2D eigenvalue weighted by Crippen LogP contribution is 2.33. The molecule has 1 heterocycles. The Balaban J connectivity index is 1.63. The van der Waals surface area contributed by atoms with E-state index in [1.165, 1.54) is 23.1 Å². The van der Waals surface area contributed by atoms with E-state index in [4.69, 9.17) is 9.47 Å². The Morgan fingerprint density at radius 2 is 1.67 bits per heavy atom. The summed E-state index contributed by atoms with van der Waals surface area (Å²) in [7, 11) is 3.40. The minimum Gasteiger partial charge on any atom is -0.493 e. The molecule has 0 amide bonds. The summed E-state index contributed by atoms with van der Waals surface area (Å²) in [6.45, 7) is 5.56. The SMILES string of the molecule is COc1cc2c(cc1OC)CN(CCC(C)c1ccccc1)CC2. The number of hydrogen-bond acceptors (Lipinski definition) is 3. The topological polar surface area (TPSA) is 21.7 Å². The van der Waals surface area contributed by atoms with Gasteiger partial charge in [0.05, 0.1) is 14.2 Å². The van der Waals surface area contributed by atoms with Gasteiger partial charge in [-0.25, -0.2) is 0 Å². The Morgan fingerprint density at radius 3 is 2.33 bits per heavy atom. The molecular weight excluding hydrogens is 298 g/mol. The minimum absolute atomic E-state index is 0.595. The summed E-state index contributed by atoms with van der Waals surface area (Å²) < 4.78 is 10.9.